The van der Waals surface area contributed by atoms with E-state index in [1.54, 1.807) is 37.4 Å². The average molecular weight is 978 g/mol. The molecular weight excluding hydrogens is 940 g/mol. The Morgan fingerprint density at radius 3 is 1.55 bits per heavy atom. The number of halogens is 3. The number of thiol groups is 1. The van der Waals surface area contributed by atoms with Crippen LogP contribution in [0.5, 0.6) is 11.5 Å². The fourth-order valence-corrected chi connectivity index (χ4v) is 6.46. The molecule has 2 aromatic heterocycles. The van der Waals surface area contributed by atoms with Crippen LogP contribution >= 0.6 is 72.2 Å². The number of rotatable bonds is 12. The van der Waals surface area contributed by atoms with Gasteiger partial charge in [0, 0.05) is 18.7 Å². The molecule has 0 fully saturated rings. The third-order valence-electron chi connectivity index (χ3n) is 7.14. The minimum absolute atomic E-state index is 0.181. The van der Waals surface area contributed by atoms with Gasteiger partial charge in [-0.2, -0.15) is 0 Å². The number of nitrogens with zero attached hydrogens (tertiary/aromatic N) is 6. The molecule has 6 aromatic rings. The molecule has 55 heavy (non-hydrogen) atoms. The molecular formula is C38H37Br3N6O6S2. The fourth-order valence-electron chi connectivity index (χ4n) is 4.43. The lowest BCUT2D eigenvalue weighted by molar-refractivity contribution is 0.0507. The third-order valence-corrected chi connectivity index (χ3v) is 10.4. The highest BCUT2D eigenvalue weighted by atomic mass is 79.9. The largest absolute Gasteiger partial charge is 0.497 e. The topological polar surface area (TPSA) is 132 Å². The van der Waals surface area contributed by atoms with E-state index in [2.05, 4.69) is 81.0 Å². The predicted molar refractivity (Wildman–Crippen MR) is 224 cm³/mol. The first-order valence-corrected chi connectivity index (χ1v) is 20.2. The highest BCUT2D eigenvalue weighted by molar-refractivity contribution is 9.11. The lowest BCUT2D eigenvalue weighted by atomic mass is 10.2. The molecule has 288 valence electrons. The molecule has 0 N–H and O–H groups in total. The van der Waals surface area contributed by atoms with E-state index in [9.17, 15) is 9.59 Å². The van der Waals surface area contributed by atoms with Crippen molar-refractivity contribution in [3.63, 3.8) is 0 Å². The van der Waals surface area contributed by atoms with Gasteiger partial charge in [-0.15, -0.1) is 22.8 Å². The normalized spacial score (nSPS) is 10.3. The van der Waals surface area contributed by atoms with Crippen LogP contribution in [0.1, 0.15) is 46.0 Å². The standard InChI is InChI=1S/C19H18BrN3O3S.C13H14BrN3O3.C6H5BrS/c1-3-26-19(24)17-18(27-16-10-6-14(20)7-11-16)23(22-21-17)12-13-4-8-15(25-2)9-5-13;1-3-20-13(18)11-12(14)17(16-15-11)8-9-4-6-10(19-2)7-5-9;7-5-1-3-6(8)4-2-5/h4-11H,3,12H2,1-2H3;4-7H,3,8H2,1-2H3;1-4,8H. The van der Waals surface area contributed by atoms with Crippen molar-refractivity contribution in [2.45, 2.75) is 41.8 Å². The quantitative estimate of drug-likeness (QED) is 0.0930. The van der Waals surface area contributed by atoms with Crippen LogP contribution in [0, 0.1) is 0 Å². The summed E-state index contributed by atoms with van der Waals surface area (Å²) in [4.78, 5) is 25.9. The van der Waals surface area contributed by atoms with Crippen molar-refractivity contribution in [2.75, 3.05) is 27.4 Å². The van der Waals surface area contributed by atoms with Crippen molar-refractivity contribution in [3.8, 4) is 11.5 Å². The Morgan fingerprint density at radius 2 is 1.07 bits per heavy atom. The second kappa shape index (κ2) is 22.4. The highest BCUT2D eigenvalue weighted by Gasteiger charge is 2.22. The predicted octanol–water partition coefficient (Wildman–Crippen LogP) is 9.44. The summed E-state index contributed by atoms with van der Waals surface area (Å²) in [7, 11) is 3.25. The summed E-state index contributed by atoms with van der Waals surface area (Å²) in [6.45, 7) is 5.07. The smallest absolute Gasteiger partial charge is 0.361 e. The molecule has 0 aliphatic heterocycles. The van der Waals surface area contributed by atoms with Crippen molar-refractivity contribution in [1.29, 1.82) is 0 Å². The zero-order valence-corrected chi connectivity index (χ0v) is 36.7. The molecule has 0 unspecified atom stereocenters. The SMILES string of the molecule is CCOC(=O)c1nnn(Cc2ccc(OC)cc2)c1Br.CCOC(=O)c1nnn(Cc2ccc(OC)cc2)c1Sc1ccc(Br)cc1.Sc1ccc(Br)cc1. The van der Waals surface area contributed by atoms with Crippen LogP contribution < -0.4 is 9.47 Å². The summed E-state index contributed by atoms with van der Waals surface area (Å²) in [5.41, 5.74) is 2.44. The van der Waals surface area contributed by atoms with Gasteiger partial charge in [-0.05, 0) is 114 Å². The van der Waals surface area contributed by atoms with Crippen molar-refractivity contribution < 1.29 is 28.5 Å². The Labute approximate surface area is 354 Å². The van der Waals surface area contributed by atoms with E-state index in [-0.39, 0.29) is 18.0 Å². The Bertz CT molecular complexity index is 2090. The monoisotopic (exact) mass is 974 g/mol. The molecule has 0 saturated heterocycles. The summed E-state index contributed by atoms with van der Waals surface area (Å²) < 4.78 is 26.2. The molecule has 0 saturated carbocycles. The van der Waals surface area contributed by atoms with Gasteiger partial charge in [0.15, 0.2) is 0 Å². The van der Waals surface area contributed by atoms with Gasteiger partial charge in [0.25, 0.3) is 0 Å². The number of ether oxygens (including phenoxy) is 4. The molecule has 0 atom stereocenters. The van der Waals surface area contributed by atoms with Crippen LogP contribution in [0.3, 0.4) is 0 Å². The first-order chi connectivity index (χ1) is 26.5. The maximum atomic E-state index is 12.3. The molecule has 0 aliphatic carbocycles. The highest BCUT2D eigenvalue weighted by Crippen LogP contribution is 2.31. The lowest BCUT2D eigenvalue weighted by Crippen LogP contribution is -2.08. The maximum Gasteiger partial charge on any atom is 0.361 e. The van der Waals surface area contributed by atoms with E-state index in [0.717, 1.165) is 41.4 Å². The maximum absolute atomic E-state index is 12.3. The molecule has 0 spiro atoms. The molecule has 12 nitrogen and oxygen atoms in total. The number of methoxy groups -OCH3 is 2. The van der Waals surface area contributed by atoms with Crippen molar-refractivity contribution in [1.82, 2.24) is 30.0 Å². The molecule has 0 radical (unpaired) electrons. The van der Waals surface area contributed by atoms with Crippen LogP contribution in [-0.4, -0.2) is 69.4 Å². The first kappa shape index (κ1) is 43.6. The van der Waals surface area contributed by atoms with Crippen LogP contribution in [0.15, 0.2) is 125 Å². The van der Waals surface area contributed by atoms with Crippen molar-refractivity contribution in [3.05, 3.63) is 133 Å². The van der Waals surface area contributed by atoms with E-state index in [4.69, 9.17) is 18.9 Å². The molecule has 6 rings (SSSR count). The summed E-state index contributed by atoms with van der Waals surface area (Å²) in [6, 6.07) is 30.9. The number of carbonyl (C=O) groups excluding carboxylic acids is 2. The lowest BCUT2D eigenvalue weighted by Gasteiger charge is -2.09. The molecule has 0 amide bonds. The summed E-state index contributed by atoms with van der Waals surface area (Å²) in [6.07, 6.45) is 0. The Balaban J connectivity index is 0.000000209. The van der Waals surface area contributed by atoms with E-state index in [1.165, 1.54) is 11.8 Å². The van der Waals surface area contributed by atoms with Gasteiger partial charge in [-0.25, -0.2) is 19.0 Å². The van der Waals surface area contributed by atoms with Gasteiger partial charge in [0.05, 0.1) is 40.5 Å². The number of aromatic nitrogens is 6. The fraction of sp³-hybridized carbons (Fsp3) is 0.211. The second-order valence-corrected chi connectivity index (χ2v) is 15.1. The summed E-state index contributed by atoms with van der Waals surface area (Å²) in [5.74, 6) is 0.617. The Hall–Kier alpha value is -4.16. The zero-order valence-electron chi connectivity index (χ0n) is 30.2. The van der Waals surface area contributed by atoms with Crippen LogP contribution in [0.4, 0.5) is 0 Å². The summed E-state index contributed by atoms with van der Waals surface area (Å²) in [5, 5.41) is 16.7. The minimum Gasteiger partial charge on any atom is -0.497 e. The molecule has 2 heterocycles. The van der Waals surface area contributed by atoms with Crippen LogP contribution in [-0.2, 0) is 22.6 Å². The number of benzene rings is 4. The van der Waals surface area contributed by atoms with Crippen LogP contribution in [0.2, 0.25) is 0 Å². The summed E-state index contributed by atoms with van der Waals surface area (Å²) >= 11 is 15.6. The van der Waals surface area contributed by atoms with Gasteiger partial charge < -0.3 is 18.9 Å². The second-order valence-electron chi connectivity index (χ2n) is 11.0. The number of esters is 2. The van der Waals surface area contributed by atoms with Gasteiger partial charge in [0.2, 0.25) is 11.4 Å². The van der Waals surface area contributed by atoms with Gasteiger partial charge in [0.1, 0.15) is 21.1 Å². The van der Waals surface area contributed by atoms with E-state index in [1.807, 2.05) is 97.1 Å². The van der Waals surface area contributed by atoms with E-state index in [0.29, 0.717) is 29.3 Å². The Kier molecular flexibility index (Phi) is 17.7. The van der Waals surface area contributed by atoms with Crippen molar-refractivity contribution in [2.24, 2.45) is 0 Å². The Morgan fingerprint density at radius 1 is 0.636 bits per heavy atom. The first-order valence-electron chi connectivity index (χ1n) is 16.6. The van der Waals surface area contributed by atoms with Crippen LogP contribution in [0.25, 0.3) is 0 Å². The average Bonchev–Trinajstić information content (AvgIpc) is 3.76. The minimum atomic E-state index is -0.486. The van der Waals surface area contributed by atoms with Gasteiger partial charge in [-0.1, -0.05) is 78.3 Å². The van der Waals surface area contributed by atoms with Gasteiger partial charge >= 0.3 is 11.9 Å². The molecule has 17 heteroatoms. The van der Waals surface area contributed by atoms with E-state index < -0.39 is 11.9 Å². The molecule has 0 aliphatic rings. The van der Waals surface area contributed by atoms with Gasteiger partial charge in [-0.3, -0.25) is 0 Å². The van der Waals surface area contributed by atoms with Crippen molar-refractivity contribution >= 4 is 84.1 Å². The number of hydrogen-bond donors (Lipinski definition) is 1. The number of carbonyl (C=O) groups is 2. The van der Waals surface area contributed by atoms with E-state index >= 15 is 0 Å². The third kappa shape index (κ3) is 13.5. The molecule has 0 bridgehead atoms. The molecule has 4 aromatic carbocycles. The zero-order chi connectivity index (χ0) is 39.7. The number of hydrogen-bond acceptors (Lipinski definition) is 12.